The molecule has 112 valence electrons. The van der Waals surface area contributed by atoms with E-state index in [0.717, 1.165) is 17.5 Å². The van der Waals surface area contributed by atoms with Crippen LogP contribution in [0.15, 0.2) is 36.4 Å². The fourth-order valence-corrected chi connectivity index (χ4v) is 4.32. The van der Waals surface area contributed by atoms with Crippen molar-refractivity contribution in [2.75, 3.05) is 6.26 Å². The summed E-state index contributed by atoms with van der Waals surface area (Å²) in [6.07, 6.45) is 7.43. The topological polar surface area (TPSA) is 32.3 Å². The van der Waals surface area contributed by atoms with Gasteiger partial charge >= 0.3 is 0 Å². The maximum absolute atomic E-state index is 10.2. The molecule has 2 unspecified atom stereocenters. The normalized spacial score (nSPS) is 22.5. The minimum Gasteiger partial charge on any atom is -0.508 e. The SMILES string of the molecule is CSC1CCCCC1NCc1c(O)ccc2ccccc12. The molecule has 0 amide bonds. The maximum Gasteiger partial charge on any atom is 0.120 e. The molecule has 0 aromatic heterocycles. The van der Waals surface area contributed by atoms with E-state index in [4.69, 9.17) is 0 Å². The van der Waals surface area contributed by atoms with Gasteiger partial charge in [0.2, 0.25) is 0 Å². The molecular weight excluding hydrogens is 278 g/mol. The summed E-state index contributed by atoms with van der Waals surface area (Å²) in [5.74, 6) is 0.401. The molecule has 2 N–H and O–H groups in total. The first-order valence-electron chi connectivity index (χ1n) is 7.75. The Balaban J connectivity index is 1.80. The number of hydrogen-bond donors (Lipinski definition) is 2. The van der Waals surface area contributed by atoms with Crippen molar-refractivity contribution >= 4 is 22.5 Å². The second-order valence-electron chi connectivity index (χ2n) is 5.83. The molecule has 2 aromatic carbocycles. The smallest absolute Gasteiger partial charge is 0.120 e. The maximum atomic E-state index is 10.2. The summed E-state index contributed by atoms with van der Waals surface area (Å²) in [7, 11) is 0. The van der Waals surface area contributed by atoms with Crippen LogP contribution in [0.4, 0.5) is 0 Å². The van der Waals surface area contributed by atoms with Gasteiger partial charge < -0.3 is 10.4 Å². The lowest BCUT2D eigenvalue weighted by Gasteiger charge is -2.31. The minimum atomic E-state index is 0.401. The van der Waals surface area contributed by atoms with Gasteiger partial charge in [0.1, 0.15) is 5.75 Å². The molecule has 0 heterocycles. The lowest BCUT2D eigenvalue weighted by atomic mass is 9.94. The first-order valence-corrected chi connectivity index (χ1v) is 9.04. The summed E-state index contributed by atoms with van der Waals surface area (Å²) in [6, 6.07) is 12.6. The predicted octanol–water partition coefficient (Wildman–Crippen LogP) is 4.31. The lowest BCUT2D eigenvalue weighted by molar-refractivity contribution is 0.379. The van der Waals surface area contributed by atoms with Gasteiger partial charge in [-0.2, -0.15) is 11.8 Å². The molecule has 1 fully saturated rings. The molecule has 1 saturated carbocycles. The number of phenolic OH excluding ortho intramolecular Hbond substituents is 1. The largest absolute Gasteiger partial charge is 0.508 e. The Labute approximate surface area is 130 Å². The van der Waals surface area contributed by atoms with Crippen LogP contribution >= 0.6 is 11.8 Å². The second kappa shape index (κ2) is 6.71. The van der Waals surface area contributed by atoms with Crippen molar-refractivity contribution in [1.82, 2.24) is 5.32 Å². The third kappa shape index (κ3) is 3.19. The van der Waals surface area contributed by atoms with Gasteiger partial charge in [-0.1, -0.05) is 43.2 Å². The predicted molar refractivity (Wildman–Crippen MR) is 92.0 cm³/mol. The Kier molecular flexibility index (Phi) is 4.71. The Morgan fingerprint density at radius 3 is 2.81 bits per heavy atom. The van der Waals surface area contributed by atoms with Crippen molar-refractivity contribution < 1.29 is 5.11 Å². The van der Waals surface area contributed by atoms with Crippen molar-refractivity contribution in [1.29, 1.82) is 0 Å². The average Bonchev–Trinajstić information content (AvgIpc) is 2.54. The molecule has 1 aliphatic rings. The highest BCUT2D eigenvalue weighted by molar-refractivity contribution is 7.99. The van der Waals surface area contributed by atoms with E-state index in [1.165, 1.54) is 31.1 Å². The Morgan fingerprint density at radius 1 is 1.14 bits per heavy atom. The average molecular weight is 301 g/mol. The van der Waals surface area contributed by atoms with E-state index in [0.29, 0.717) is 17.0 Å². The Morgan fingerprint density at radius 2 is 1.95 bits per heavy atom. The summed E-state index contributed by atoms with van der Waals surface area (Å²) in [6.45, 7) is 0.745. The van der Waals surface area contributed by atoms with Crippen LogP contribution in [0.2, 0.25) is 0 Å². The number of nitrogens with one attached hydrogen (secondary N) is 1. The Hall–Kier alpha value is -1.19. The molecule has 21 heavy (non-hydrogen) atoms. The zero-order chi connectivity index (χ0) is 14.7. The number of thioether (sulfide) groups is 1. The number of rotatable bonds is 4. The molecule has 3 rings (SSSR count). The quantitative estimate of drug-likeness (QED) is 0.882. The molecular formula is C18H23NOS. The fourth-order valence-electron chi connectivity index (χ4n) is 3.36. The molecule has 0 radical (unpaired) electrons. The van der Waals surface area contributed by atoms with Gasteiger partial charge in [-0.3, -0.25) is 0 Å². The highest BCUT2D eigenvalue weighted by atomic mass is 32.2. The van der Waals surface area contributed by atoms with Crippen LogP contribution in [0.25, 0.3) is 10.8 Å². The zero-order valence-electron chi connectivity index (χ0n) is 12.5. The highest BCUT2D eigenvalue weighted by Crippen LogP contribution is 2.30. The van der Waals surface area contributed by atoms with Crippen LogP contribution in [0, 0.1) is 0 Å². The summed E-state index contributed by atoms with van der Waals surface area (Å²) in [4.78, 5) is 0. The molecule has 2 atom stereocenters. The third-order valence-electron chi connectivity index (χ3n) is 4.56. The number of benzene rings is 2. The first kappa shape index (κ1) is 14.7. The summed E-state index contributed by atoms with van der Waals surface area (Å²) in [5, 5.41) is 17.0. The van der Waals surface area contributed by atoms with Crippen LogP contribution in [0.1, 0.15) is 31.2 Å². The van der Waals surface area contributed by atoms with Gasteiger partial charge in [0, 0.05) is 23.4 Å². The number of aromatic hydroxyl groups is 1. The van der Waals surface area contributed by atoms with Gasteiger partial charge in [-0.15, -0.1) is 0 Å². The van der Waals surface area contributed by atoms with E-state index in [2.05, 4.69) is 23.7 Å². The first-order chi connectivity index (χ1) is 10.3. The van der Waals surface area contributed by atoms with Crippen LogP contribution in [-0.2, 0) is 6.54 Å². The molecule has 0 bridgehead atoms. The monoisotopic (exact) mass is 301 g/mol. The molecule has 2 aromatic rings. The van der Waals surface area contributed by atoms with E-state index in [1.54, 1.807) is 0 Å². The van der Waals surface area contributed by atoms with E-state index >= 15 is 0 Å². The molecule has 0 aliphatic heterocycles. The molecule has 2 nitrogen and oxygen atoms in total. The number of phenols is 1. The number of hydrogen-bond acceptors (Lipinski definition) is 3. The van der Waals surface area contributed by atoms with Gasteiger partial charge in [0.25, 0.3) is 0 Å². The van der Waals surface area contributed by atoms with Gasteiger partial charge in [-0.25, -0.2) is 0 Å². The van der Waals surface area contributed by atoms with E-state index in [1.807, 2.05) is 36.0 Å². The summed E-state index contributed by atoms with van der Waals surface area (Å²) < 4.78 is 0. The third-order valence-corrected chi connectivity index (χ3v) is 5.73. The van der Waals surface area contributed by atoms with Crippen molar-refractivity contribution in [3.8, 4) is 5.75 Å². The highest BCUT2D eigenvalue weighted by Gasteiger charge is 2.24. The molecule has 0 spiro atoms. The molecule has 1 aliphatic carbocycles. The van der Waals surface area contributed by atoms with Gasteiger partial charge in [-0.05, 0) is 35.9 Å². The zero-order valence-corrected chi connectivity index (χ0v) is 13.3. The minimum absolute atomic E-state index is 0.401. The summed E-state index contributed by atoms with van der Waals surface area (Å²) >= 11 is 1.97. The summed E-state index contributed by atoms with van der Waals surface area (Å²) in [5.41, 5.74) is 1.03. The lowest BCUT2D eigenvalue weighted by Crippen LogP contribution is -2.39. The van der Waals surface area contributed by atoms with Crippen LogP contribution in [-0.4, -0.2) is 22.7 Å². The second-order valence-corrected chi connectivity index (χ2v) is 6.91. The van der Waals surface area contributed by atoms with E-state index in [9.17, 15) is 5.11 Å². The number of fused-ring (bicyclic) bond motifs is 1. The standard InChI is InChI=1S/C18H23NOS/c1-21-18-9-5-4-8-16(18)19-12-15-14-7-3-2-6-13(14)10-11-17(15)20/h2-3,6-7,10-11,16,18-20H,4-5,8-9,12H2,1H3. The van der Waals surface area contributed by atoms with Crippen molar-refractivity contribution in [3.63, 3.8) is 0 Å². The van der Waals surface area contributed by atoms with Crippen LogP contribution in [0.3, 0.4) is 0 Å². The Bertz CT molecular complexity index is 613. The van der Waals surface area contributed by atoms with Gasteiger partial charge in [0.15, 0.2) is 0 Å². The van der Waals surface area contributed by atoms with Crippen molar-refractivity contribution in [3.05, 3.63) is 42.0 Å². The molecule has 3 heteroatoms. The van der Waals surface area contributed by atoms with Crippen molar-refractivity contribution in [2.24, 2.45) is 0 Å². The van der Waals surface area contributed by atoms with E-state index < -0.39 is 0 Å². The van der Waals surface area contributed by atoms with Gasteiger partial charge in [0.05, 0.1) is 0 Å². The van der Waals surface area contributed by atoms with E-state index in [-0.39, 0.29) is 0 Å². The van der Waals surface area contributed by atoms with Crippen LogP contribution < -0.4 is 5.32 Å². The van der Waals surface area contributed by atoms with Crippen molar-refractivity contribution in [2.45, 2.75) is 43.5 Å². The van der Waals surface area contributed by atoms with Crippen LogP contribution in [0.5, 0.6) is 5.75 Å². The molecule has 0 saturated heterocycles. The fraction of sp³-hybridized carbons (Fsp3) is 0.444.